The first kappa shape index (κ1) is 10.5. The number of hydrogen-bond acceptors (Lipinski definition) is 4. The summed E-state index contributed by atoms with van der Waals surface area (Å²) in [6.07, 6.45) is 3.45. The number of carbonyl (C=O) groups excluding carboxylic acids is 1. The molecule has 4 nitrogen and oxygen atoms in total. The van der Waals surface area contributed by atoms with E-state index in [9.17, 15) is 4.79 Å². The smallest absolute Gasteiger partial charge is 0.302 e. The molecule has 0 aromatic heterocycles. The Morgan fingerprint density at radius 1 is 1.56 bits per heavy atom. The average Bonchev–Trinajstić information content (AvgIpc) is 3.10. The number of hydrogen-bond donors (Lipinski definition) is 0. The largest absolute Gasteiger partial charge is 0.463 e. The number of epoxide rings is 2. The number of fused-ring (bicyclic) bond motifs is 1. The molecule has 4 unspecified atom stereocenters. The molecule has 2 saturated heterocycles. The van der Waals surface area contributed by atoms with Crippen LogP contribution in [0.3, 0.4) is 0 Å². The van der Waals surface area contributed by atoms with Crippen molar-refractivity contribution in [2.45, 2.75) is 50.4 Å². The van der Waals surface area contributed by atoms with Gasteiger partial charge in [0.25, 0.3) is 0 Å². The lowest BCUT2D eigenvalue weighted by Gasteiger charge is -2.26. The summed E-state index contributed by atoms with van der Waals surface area (Å²) in [6.45, 7) is 4.94. The van der Waals surface area contributed by atoms with Crippen LogP contribution in [0.1, 0.15) is 33.1 Å². The second-order valence-electron chi connectivity index (χ2n) is 5.52. The van der Waals surface area contributed by atoms with Crippen molar-refractivity contribution < 1.29 is 19.0 Å². The summed E-state index contributed by atoms with van der Waals surface area (Å²) in [5, 5.41) is 0. The average molecular weight is 226 g/mol. The van der Waals surface area contributed by atoms with E-state index in [-0.39, 0.29) is 23.3 Å². The zero-order valence-electron chi connectivity index (χ0n) is 9.82. The van der Waals surface area contributed by atoms with E-state index in [1.54, 1.807) is 0 Å². The zero-order chi connectivity index (χ0) is 11.4. The van der Waals surface area contributed by atoms with Crippen molar-refractivity contribution in [2.24, 2.45) is 5.92 Å². The van der Waals surface area contributed by atoms with E-state index in [0.29, 0.717) is 12.5 Å². The quantitative estimate of drug-likeness (QED) is 0.537. The second kappa shape index (κ2) is 3.20. The van der Waals surface area contributed by atoms with Crippen molar-refractivity contribution in [3.63, 3.8) is 0 Å². The van der Waals surface area contributed by atoms with Crippen LogP contribution in [-0.2, 0) is 19.0 Å². The summed E-state index contributed by atoms with van der Waals surface area (Å²) in [6, 6.07) is 0. The third-order valence-electron chi connectivity index (χ3n) is 4.30. The van der Waals surface area contributed by atoms with E-state index in [0.717, 1.165) is 25.9 Å². The van der Waals surface area contributed by atoms with Gasteiger partial charge in [-0.3, -0.25) is 4.79 Å². The third-order valence-corrected chi connectivity index (χ3v) is 4.30. The molecule has 2 aliphatic heterocycles. The molecule has 1 saturated carbocycles. The maximum absolute atomic E-state index is 10.8. The van der Waals surface area contributed by atoms with Crippen LogP contribution < -0.4 is 0 Å². The van der Waals surface area contributed by atoms with Gasteiger partial charge >= 0.3 is 5.97 Å². The molecule has 0 aromatic rings. The topological polar surface area (TPSA) is 51.4 Å². The molecule has 3 fully saturated rings. The highest BCUT2D eigenvalue weighted by atomic mass is 16.6. The van der Waals surface area contributed by atoms with Crippen LogP contribution >= 0.6 is 0 Å². The summed E-state index contributed by atoms with van der Waals surface area (Å²) in [4.78, 5) is 10.8. The molecular formula is C12H18O4. The molecule has 4 atom stereocenters. The zero-order valence-corrected chi connectivity index (χ0v) is 9.82. The van der Waals surface area contributed by atoms with E-state index in [1.807, 2.05) is 0 Å². The molecule has 0 N–H and O–H groups in total. The summed E-state index contributed by atoms with van der Waals surface area (Å²) in [5.41, 5.74) is -0.0348. The van der Waals surface area contributed by atoms with Gasteiger partial charge in [0.2, 0.25) is 0 Å². The van der Waals surface area contributed by atoms with Crippen molar-refractivity contribution >= 4 is 5.97 Å². The Balaban J connectivity index is 1.55. The Morgan fingerprint density at radius 2 is 2.31 bits per heavy atom. The van der Waals surface area contributed by atoms with Gasteiger partial charge in [0.15, 0.2) is 0 Å². The minimum Gasteiger partial charge on any atom is -0.463 e. The number of ether oxygens (including phenoxy) is 3. The summed E-state index contributed by atoms with van der Waals surface area (Å²) in [7, 11) is 0. The van der Waals surface area contributed by atoms with Gasteiger partial charge in [-0.1, -0.05) is 0 Å². The Bertz CT molecular complexity index is 323. The van der Waals surface area contributed by atoms with E-state index in [2.05, 4.69) is 6.92 Å². The molecule has 4 heteroatoms. The Morgan fingerprint density at radius 3 is 2.88 bits per heavy atom. The molecule has 1 aliphatic carbocycles. The molecule has 0 aromatic carbocycles. The van der Waals surface area contributed by atoms with Gasteiger partial charge in [0, 0.05) is 6.92 Å². The predicted octanol–water partition coefficient (Wildman–Crippen LogP) is 1.28. The fraction of sp³-hybridized carbons (Fsp3) is 0.917. The van der Waals surface area contributed by atoms with Gasteiger partial charge < -0.3 is 14.2 Å². The normalized spacial score (nSPS) is 49.4. The van der Waals surface area contributed by atoms with Crippen LogP contribution in [0.5, 0.6) is 0 Å². The van der Waals surface area contributed by atoms with Crippen LogP contribution in [0, 0.1) is 5.92 Å². The molecular weight excluding hydrogens is 208 g/mol. The summed E-state index contributed by atoms with van der Waals surface area (Å²) < 4.78 is 16.3. The highest BCUT2D eigenvalue weighted by Gasteiger charge is 2.63. The molecule has 0 amide bonds. The summed E-state index contributed by atoms with van der Waals surface area (Å²) >= 11 is 0. The monoisotopic (exact) mass is 226 g/mol. The van der Waals surface area contributed by atoms with Crippen molar-refractivity contribution in [1.82, 2.24) is 0 Å². The molecule has 3 rings (SSSR count). The lowest BCUT2D eigenvalue weighted by atomic mass is 9.76. The van der Waals surface area contributed by atoms with Gasteiger partial charge in [-0.2, -0.15) is 0 Å². The Hall–Kier alpha value is -0.610. The maximum Gasteiger partial charge on any atom is 0.302 e. The van der Waals surface area contributed by atoms with Crippen molar-refractivity contribution in [3.05, 3.63) is 0 Å². The van der Waals surface area contributed by atoms with Crippen LogP contribution in [0.15, 0.2) is 0 Å². The fourth-order valence-corrected chi connectivity index (χ4v) is 2.85. The second-order valence-corrected chi connectivity index (χ2v) is 5.52. The number of rotatable bonds is 3. The highest BCUT2D eigenvalue weighted by molar-refractivity contribution is 5.66. The predicted molar refractivity (Wildman–Crippen MR) is 55.9 cm³/mol. The van der Waals surface area contributed by atoms with Gasteiger partial charge in [-0.15, -0.1) is 0 Å². The third kappa shape index (κ3) is 1.64. The first-order valence-corrected chi connectivity index (χ1v) is 5.99. The van der Waals surface area contributed by atoms with Crippen LogP contribution in [0.4, 0.5) is 0 Å². The van der Waals surface area contributed by atoms with Crippen molar-refractivity contribution in [2.75, 3.05) is 13.2 Å². The molecule has 90 valence electrons. The van der Waals surface area contributed by atoms with E-state index in [1.165, 1.54) is 6.92 Å². The van der Waals surface area contributed by atoms with E-state index in [4.69, 9.17) is 14.2 Å². The first-order valence-electron chi connectivity index (χ1n) is 5.99. The van der Waals surface area contributed by atoms with Crippen LogP contribution in [0.25, 0.3) is 0 Å². The minimum absolute atomic E-state index is 0.111. The Labute approximate surface area is 95.2 Å². The van der Waals surface area contributed by atoms with Crippen LogP contribution in [-0.4, -0.2) is 36.5 Å². The van der Waals surface area contributed by atoms with Crippen molar-refractivity contribution in [1.29, 1.82) is 0 Å². The molecule has 16 heavy (non-hydrogen) atoms. The SMILES string of the molecule is CC(=O)OCC12CCC(C3(C)CO3)CC1O2. The molecule has 0 radical (unpaired) electrons. The lowest BCUT2D eigenvalue weighted by molar-refractivity contribution is -0.143. The van der Waals surface area contributed by atoms with Gasteiger partial charge in [-0.25, -0.2) is 0 Å². The molecule has 2 heterocycles. The van der Waals surface area contributed by atoms with Crippen LogP contribution in [0.2, 0.25) is 0 Å². The first-order chi connectivity index (χ1) is 7.54. The van der Waals surface area contributed by atoms with Gasteiger partial charge in [0.05, 0.1) is 18.3 Å². The standard InChI is InChI=1S/C12H18O4/c1-8(13)14-7-12-4-3-9(5-10(12)16-12)11(2)6-15-11/h9-10H,3-7H2,1-2H3. The summed E-state index contributed by atoms with van der Waals surface area (Å²) in [5.74, 6) is 0.397. The number of carbonyl (C=O) groups is 1. The van der Waals surface area contributed by atoms with E-state index >= 15 is 0 Å². The lowest BCUT2D eigenvalue weighted by Crippen LogP contribution is -2.34. The number of esters is 1. The van der Waals surface area contributed by atoms with E-state index < -0.39 is 0 Å². The fourth-order valence-electron chi connectivity index (χ4n) is 2.85. The highest BCUT2D eigenvalue weighted by Crippen LogP contribution is 2.54. The molecule has 0 spiro atoms. The van der Waals surface area contributed by atoms with Gasteiger partial charge in [0.1, 0.15) is 12.2 Å². The van der Waals surface area contributed by atoms with Gasteiger partial charge in [-0.05, 0) is 32.1 Å². The minimum atomic E-state index is -0.219. The molecule has 3 aliphatic rings. The molecule has 0 bridgehead atoms. The van der Waals surface area contributed by atoms with Crippen molar-refractivity contribution in [3.8, 4) is 0 Å². The Kier molecular flexibility index (Phi) is 2.11. The maximum atomic E-state index is 10.8.